The minimum Gasteiger partial charge on any atom is -0.356 e. The zero-order chi connectivity index (χ0) is 14.5. The molecular weight excluding hydrogens is 274 g/mol. The van der Waals surface area contributed by atoms with E-state index in [2.05, 4.69) is 22.1 Å². The van der Waals surface area contributed by atoms with Crippen LogP contribution in [0.5, 0.6) is 0 Å². The van der Waals surface area contributed by atoms with Crippen molar-refractivity contribution < 1.29 is 4.79 Å². The number of nitrogens with two attached hydrogens (primary N) is 1. The predicted molar refractivity (Wildman–Crippen MR) is 80.9 cm³/mol. The SMILES string of the molecule is Cc1cc(C#CCN)cc(NC(=O)c2cc(Cl)c[nH]2)c1. The maximum absolute atomic E-state index is 12.0. The summed E-state index contributed by atoms with van der Waals surface area (Å²) >= 11 is 5.77. The number of amides is 1. The van der Waals surface area contributed by atoms with Gasteiger partial charge in [-0.05, 0) is 36.8 Å². The van der Waals surface area contributed by atoms with Crippen molar-refractivity contribution in [2.75, 3.05) is 11.9 Å². The zero-order valence-electron chi connectivity index (χ0n) is 11.0. The van der Waals surface area contributed by atoms with E-state index in [9.17, 15) is 4.79 Å². The third-order valence-electron chi connectivity index (χ3n) is 2.56. The van der Waals surface area contributed by atoms with Crippen molar-refractivity contribution >= 4 is 23.2 Å². The van der Waals surface area contributed by atoms with Crippen LogP contribution in [0.25, 0.3) is 0 Å². The number of hydrogen-bond acceptors (Lipinski definition) is 2. The molecule has 1 aromatic heterocycles. The summed E-state index contributed by atoms with van der Waals surface area (Å²) in [6, 6.07) is 7.18. The van der Waals surface area contributed by atoms with Crippen LogP contribution in [0, 0.1) is 18.8 Å². The number of halogens is 1. The van der Waals surface area contributed by atoms with Crippen molar-refractivity contribution in [3.63, 3.8) is 0 Å². The van der Waals surface area contributed by atoms with Gasteiger partial charge in [0.2, 0.25) is 0 Å². The standard InChI is InChI=1S/C15H14ClN3O/c1-10-5-11(3-2-4-17)7-13(6-10)19-15(20)14-8-12(16)9-18-14/h5-9,18H,4,17H2,1H3,(H,19,20). The maximum Gasteiger partial charge on any atom is 0.272 e. The number of carbonyl (C=O) groups excluding carboxylic acids is 1. The molecule has 20 heavy (non-hydrogen) atoms. The second-order valence-electron chi connectivity index (χ2n) is 4.28. The average Bonchev–Trinajstić information content (AvgIpc) is 2.82. The van der Waals surface area contributed by atoms with E-state index in [4.69, 9.17) is 17.3 Å². The van der Waals surface area contributed by atoms with E-state index in [0.717, 1.165) is 11.1 Å². The van der Waals surface area contributed by atoms with E-state index < -0.39 is 0 Å². The van der Waals surface area contributed by atoms with Gasteiger partial charge in [0.25, 0.3) is 5.91 Å². The summed E-state index contributed by atoms with van der Waals surface area (Å²) in [6.07, 6.45) is 1.56. The molecule has 0 saturated carbocycles. The Morgan fingerprint density at radius 3 is 2.85 bits per heavy atom. The van der Waals surface area contributed by atoms with E-state index in [1.807, 2.05) is 19.1 Å². The molecule has 0 radical (unpaired) electrons. The number of H-pyrrole nitrogens is 1. The molecule has 0 aliphatic rings. The number of aromatic nitrogens is 1. The molecule has 0 unspecified atom stereocenters. The first-order chi connectivity index (χ1) is 9.58. The summed E-state index contributed by atoms with van der Waals surface area (Å²) in [5.41, 5.74) is 8.27. The van der Waals surface area contributed by atoms with E-state index >= 15 is 0 Å². The molecule has 0 aliphatic carbocycles. The fourth-order valence-electron chi connectivity index (χ4n) is 1.78. The molecule has 0 atom stereocenters. The third-order valence-corrected chi connectivity index (χ3v) is 2.78. The largest absolute Gasteiger partial charge is 0.356 e. The summed E-state index contributed by atoms with van der Waals surface area (Å²) in [4.78, 5) is 14.8. The lowest BCUT2D eigenvalue weighted by Gasteiger charge is -2.06. The molecular formula is C15H14ClN3O. The summed E-state index contributed by atoms with van der Waals surface area (Å²) in [5.74, 6) is 5.49. The molecule has 0 saturated heterocycles. The average molecular weight is 288 g/mol. The molecule has 2 aromatic rings. The van der Waals surface area contributed by atoms with Crippen molar-refractivity contribution in [2.24, 2.45) is 5.73 Å². The molecule has 0 spiro atoms. The Hall–Kier alpha value is -2.22. The van der Waals surface area contributed by atoms with Gasteiger partial charge in [-0.15, -0.1) is 0 Å². The number of nitrogens with one attached hydrogen (secondary N) is 2. The van der Waals surface area contributed by atoms with Gasteiger partial charge < -0.3 is 16.0 Å². The van der Waals surface area contributed by atoms with Gasteiger partial charge in [0.05, 0.1) is 11.6 Å². The molecule has 0 fully saturated rings. The highest BCUT2D eigenvalue weighted by atomic mass is 35.5. The Labute approximate surface area is 122 Å². The van der Waals surface area contributed by atoms with Crippen LogP contribution in [-0.4, -0.2) is 17.4 Å². The first-order valence-electron chi connectivity index (χ1n) is 6.04. The van der Waals surface area contributed by atoms with Crippen molar-refractivity contribution in [1.82, 2.24) is 4.98 Å². The number of benzene rings is 1. The Balaban J connectivity index is 2.20. The fraction of sp³-hybridized carbons (Fsp3) is 0.133. The smallest absolute Gasteiger partial charge is 0.272 e. The number of aryl methyl sites for hydroxylation is 1. The summed E-state index contributed by atoms with van der Waals surface area (Å²) < 4.78 is 0. The Morgan fingerprint density at radius 2 is 2.20 bits per heavy atom. The molecule has 5 heteroatoms. The van der Waals surface area contributed by atoms with Gasteiger partial charge in [-0.3, -0.25) is 4.79 Å². The summed E-state index contributed by atoms with van der Waals surface area (Å²) in [7, 11) is 0. The van der Waals surface area contributed by atoms with Crippen molar-refractivity contribution in [1.29, 1.82) is 0 Å². The lowest BCUT2D eigenvalue weighted by molar-refractivity contribution is 0.102. The van der Waals surface area contributed by atoms with Gasteiger partial charge in [0, 0.05) is 17.4 Å². The molecule has 0 aliphatic heterocycles. The van der Waals surface area contributed by atoms with Gasteiger partial charge in [-0.25, -0.2) is 0 Å². The van der Waals surface area contributed by atoms with Crippen LogP contribution in [0.1, 0.15) is 21.6 Å². The van der Waals surface area contributed by atoms with Crippen LogP contribution in [0.4, 0.5) is 5.69 Å². The number of rotatable bonds is 2. The highest BCUT2D eigenvalue weighted by Crippen LogP contribution is 2.16. The third kappa shape index (κ3) is 3.64. The van der Waals surface area contributed by atoms with Gasteiger partial charge in [-0.1, -0.05) is 23.4 Å². The molecule has 1 amide bonds. The normalized spacial score (nSPS) is 9.75. The second-order valence-corrected chi connectivity index (χ2v) is 4.72. The highest BCUT2D eigenvalue weighted by Gasteiger charge is 2.08. The number of carbonyl (C=O) groups is 1. The van der Waals surface area contributed by atoms with Crippen LogP contribution < -0.4 is 11.1 Å². The lowest BCUT2D eigenvalue weighted by Crippen LogP contribution is -2.12. The molecule has 2 rings (SSSR count). The lowest BCUT2D eigenvalue weighted by atomic mass is 10.1. The second kappa shape index (κ2) is 6.29. The first-order valence-corrected chi connectivity index (χ1v) is 6.42. The molecule has 102 valence electrons. The van der Waals surface area contributed by atoms with Gasteiger partial charge in [0.1, 0.15) is 5.69 Å². The monoisotopic (exact) mass is 287 g/mol. The van der Waals surface area contributed by atoms with Crippen LogP contribution in [0.2, 0.25) is 5.02 Å². The molecule has 0 bridgehead atoms. The minimum atomic E-state index is -0.250. The topological polar surface area (TPSA) is 70.9 Å². The first kappa shape index (κ1) is 14.2. The van der Waals surface area contributed by atoms with E-state index in [1.54, 1.807) is 18.3 Å². The van der Waals surface area contributed by atoms with E-state index in [1.165, 1.54) is 0 Å². The minimum absolute atomic E-state index is 0.250. The molecule has 4 nitrogen and oxygen atoms in total. The van der Waals surface area contributed by atoms with Crippen LogP contribution in [0.15, 0.2) is 30.5 Å². The van der Waals surface area contributed by atoms with Crippen molar-refractivity contribution in [2.45, 2.75) is 6.92 Å². The van der Waals surface area contributed by atoms with Crippen molar-refractivity contribution in [3.05, 3.63) is 52.3 Å². The number of hydrogen-bond donors (Lipinski definition) is 3. The van der Waals surface area contributed by atoms with Crippen LogP contribution >= 0.6 is 11.6 Å². The summed E-state index contributed by atoms with van der Waals surface area (Å²) in [6.45, 7) is 2.24. The van der Waals surface area contributed by atoms with Gasteiger partial charge >= 0.3 is 0 Å². The van der Waals surface area contributed by atoms with Gasteiger partial charge in [-0.2, -0.15) is 0 Å². The van der Waals surface area contributed by atoms with Crippen LogP contribution in [0.3, 0.4) is 0 Å². The molecule has 1 aromatic carbocycles. The fourth-order valence-corrected chi connectivity index (χ4v) is 1.94. The van der Waals surface area contributed by atoms with E-state index in [0.29, 0.717) is 22.9 Å². The van der Waals surface area contributed by atoms with Crippen molar-refractivity contribution in [3.8, 4) is 11.8 Å². The maximum atomic E-state index is 12.0. The number of aromatic amines is 1. The zero-order valence-corrected chi connectivity index (χ0v) is 11.7. The van der Waals surface area contributed by atoms with E-state index in [-0.39, 0.29) is 5.91 Å². The molecule has 1 heterocycles. The quantitative estimate of drug-likeness (QED) is 0.743. The Morgan fingerprint density at radius 1 is 1.40 bits per heavy atom. The number of anilines is 1. The highest BCUT2D eigenvalue weighted by molar-refractivity contribution is 6.31. The molecule has 4 N–H and O–H groups in total. The summed E-state index contributed by atoms with van der Waals surface area (Å²) in [5, 5.41) is 3.30. The predicted octanol–water partition coefficient (Wildman–Crippen LogP) is 2.54. The van der Waals surface area contributed by atoms with Crippen LogP contribution in [-0.2, 0) is 0 Å². The Bertz CT molecular complexity index is 695. The van der Waals surface area contributed by atoms with Gasteiger partial charge in [0.15, 0.2) is 0 Å². The Kier molecular flexibility index (Phi) is 4.46.